The lowest BCUT2D eigenvalue weighted by Gasteiger charge is -2.04. The summed E-state index contributed by atoms with van der Waals surface area (Å²) in [6.07, 6.45) is 0.436. The van der Waals surface area contributed by atoms with Crippen molar-refractivity contribution in [2.45, 2.75) is 18.5 Å². The zero-order valence-electron chi connectivity index (χ0n) is 8.44. The number of H-pyrrole nitrogens is 1. The molecule has 0 fully saturated rings. The van der Waals surface area contributed by atoms with Gasteiger partial charge in [-0.05, 0) is 6.42 Å². The minimum atomic E-state index is -1.24. The molecule has 0 amide bonds. The molecule has 0 aliphatic heterocycles. The van der Waals surface area contributed by atoms with Crippen LogP contribution in [-0.2, 0) is 11.2 Å². The SMILES string of the molecule is CCc1nc(SCC(=O)[O-])[nH]c(=O)c1C#N. The van der Waals surface area contributed by atoms with Crippen molar-refractivity contribution in [2.75, 3.05) is 5.75 Å². The zero-order chi connectivity index (χ0) is 12.1. The Balaban J connectivity index is 3.07. The van der Waals surface area contributed by atoms with E-state index in [1.54, 1.807) is 13.0 Å². The Hall–Kier alpha value is -1.81. The predicted octanol–water partition coefficient (Wildman–Crippen LogP) is -0.954. The second kappa shape index (κ2) is 5.32. The van der Waals surface area contributed by atoms with Gasteiger partial charge >= 0.3 is 0 Å². The first-order valence-corrected chi connectivity index (χ1v) is 5.43. The number of carbonyl (C=O) groups is 1. The average Bonchev–Trinajstić information content (AvgIpc) is 2.25. The smallest absolute Gasteiger partial charge is 0.269 e. The third kappa shape index (κ3) is 2.84. The summed E-state index contributed by atoms with van der Waals surface area (Å²) >= 11 is 0.853. The molecule has 1 aromatic rings. The van der Waals surface area contributed by atoms with Gasteiger partial charge in [-0.2, -0.15) is 5.26 Å². The number of carbonyl (C=O) groups excluding carboxylic acids is 1. The molecule has 0 radical (unpaired) electrons. The fourth-order valence-corrected chi connectivity index (χ4v) is 1.66. The molecule has 0 bridgehead atoms. The molecule has 1 heterocycles. The number of aromatic nitrogens is 2. The summed E-state index contributed by atoms with van der Waals surface area (Å²) in [5, 5.41) is 19.1. The van der Waals surface area contributed by atoms with Gasteiger partial charge in [0.1, 0.15) is 11.6 Å². The van der Waals surface area contributed by atoms with Crippen LogP contribution in [0.25, 0.3) is 0 Å². The lowest BCUT2D eigenvalue weighted by molar-refractivity contribution is -0.301. The van der Waals surface area contributed by atoms with Crippen LogP contribution in [0.2, 0.25) is 0 Å². The van der Waals surface area contributed by atoms with Gasteiger partial charge in [0.05, 0.1) is 11.7 Å². The summed E-state index contributed by atoms with van der Waals surface area (Å²) in [7, 11) is 0. The highest BCUT2D eigenvalue weighted by atomic mass is 32.2. The lowest BCUT2D eigenvalue weighted by Crippen LogP contribution is -2.25. The predicted molar refractivity (Wildman–Crippen MR) is 54.7 cm³/mol. The maximum absolute atomic E-state index is 11.4. The van der Waals surface area contributed by atoms with E-state index in [1.165, 1.54) is 0 Å². The van der Waals surface area contributed by atoms with Crippen LogP contribution in [0.5, 0.6) is 0 Å². The molecule has 1 N–H and O–H groups in total. The highest BCUT2D eigenvalue weighted by Gasteiger charge is 2.09. The first-order valence-electron chi connectivity index (χ1n) is 4.44. The third-order valence-corrected chi connectivity index (χ3v) is 2.59. The molecule has 0 unspecified atom stereocenters. The van der Waals surface area contributed by atoms with Crippen molar-refractivity contribution >= 4 is 17.7 Å². The van der Waals surface area contributed by atoms with Crippen molar-refractivity contribution in [3.63, 3.8) is 0 Å². The molecule has 0 atom stereocenters. The van der Waals surface area contributed by atoms with Gasteiger partial charge in [-0.3, -0.25) is 4.79 Å². The normalized spacial score (nSPS) is 9.75. The summed E-state index contributed by atoms with van der Waals surface area (Å²) in [4.78, 5) is 28.0. The molecule has 0 aromatic carbocycles. The maximum atomic E-state index is 11.4. The molecular formula is C9H8N3O3S-. The highest BCUT2D eigenvalue weighted by molar-refractivity contribution is 7.99. The Morgan fingerprint density at radius 1 is 1.69 bits per heavy atom. The minimum Gasteiger partial charge on any atom is -0.549 e. The monoisotopic (exact) mass is 238 g/mol. The molecule has 0 spiro atoms. The van der Waals surface area contributed by atoms with Gasteiger partial charge in [0.25, 0.3) is 5.56 Å². The van der Waals surface area contributed by atoms with Crippen LogP contribution in [0.15, 0.2) is 9.95 Å². The summed E-state index contributed by atoms with van der Waals surface area (Å²) in [6.45, 7) is 1.76. The van der Waals surface area contributed by atoms with Gasteiger partial charge in [-0.15, -0.1) is 0 Å². The van der Waals surface area contributed by atoms with Crippen molar-refractivity contribution in [2.24, 2.45) is 0 Å². The molecule has 0 saturated carbocycles. The fraction of sp³-hybridized carbons (Fsp3) is 0.333. The Labute approximate surface area is 95.3 Å². The van der Waals surface area contributed by atoms with Crippen LogP contribution in [0, 0.1) is 11.3 Å². The highest BCUT2D eigenvalue weighted by Crippen LogP contribution is 2.12. The number of hydrogen-bond acceptors (Lipinski definition) is 6. The van der Waals surface area contributed by atoms with Crippen LogP contribution >= 0.6 is 11.8 Å². The Morgan fingerprint density at radius 2 is 2.38 bits per heavy atom. The summed E-state index contributed by atoms with van der Waals surface area (Å²) in [6, 6.07) is 1.76. The zero-order valence-corrected chi connectivity index (χ0v) is 9.26. The lowest BCUT2D eigenvalue weighted by atomic mass is 10.2. The van der Waals surface area contributed by atoms with Gasteiger partial charge in [-0.25, -0.2) is 4.98 Å². The third-order valence-electron chi connectivity index (χ3n) is 1.75. The van der Waals surface area contributed by atoms with Crippen LogP contribution in [0.3, 0.4) is 0 Å². The van der Waals surface area contributed by atoms with E-state index in [-0.39, 0.29) is 16.5 Å². The van der Waals surface area contributed by atoms with E-state index >= 15 is 0 Å². The number of hydrogen-bond donors (Lipinski definition) is 1. The van der Waals surface area contributed by atoms with E-state index in [0.29, 0.717) is 12.1 Å². The molecule has 0 saturated heterocycles. The summed E-state index contributed by atoms with van der Waals surface area (Å²) in [5.74, 6) is -1.53. The minimum absolute atomic E-state index is 0.0275. The number of thioether (sulfide) groups is 1. The molecule has 1 rings (SSSR count). The number of carboxylic acid groups (broad SMARTS) is 1. The number of carboxylic acids is 1. The Bertz CT molecular complexity index is 504. The van der Waals surface area contributed by atoms with Crippen molar-refractivity contribution in [1.29, 1.82) is 5.26 Å². The second-order valence-electron chi connectivity index (χ2n) is 2.82. The van der Waals surface area contributed by atoms with Crippen LogP contribution < -0.4 is 10.7 Å². The average molecular weight is 238 g/mol. The Morgan fingerprint density at radius 3 is 2.88 bits per heavy atom. The Kier molecular flexibility index (Phi) is 4.08. The van der Waals surface area contributed by atoms with E-state index in [4.69, 9.17) is 5.26 Å². The number of nitriles is 1. The molecule has 0 aliphatic carbocycles. The van der Waals surface area contributed by atoms with E-state index < -0.39 is 11.5 Å². The molecule has 7 heteroatoms. The topological polar surface area (TPSA) is 110 Å². The van der Waals surface area contributed by atoms with Crippen LogP contribution in [0.1, 0.15) is 18.2 Å². The number of nitrogens with zero attached hydrogens (tertiary/aromatic N) is 2. The largest absolute Gasteiger partial charge is 0.549 e. The van der Waals surface area contributed by atoms with Gasteiger partial charge in [0, 0.05) is 5.75 Å². The quantitative estimate of drug-likeness (QED) is 0.534. The molecule has 1 aromatic heterocycles. The van der Waals surface area contributed by atoms with Gasteiger partial charge in [0.2, 0.25) is 0 Å². The molecular weight excluding hydrogens is 230 g/mol. The number of aromatic amines is 1. The van der Waals surface area contributed by atoms with Gasteiger partial charge < -0.3 is 14.9 Å². The standard InChI is InChI=1S/C9H9N3O3S/c1-2-6-5(3-10)8(15)12-9(11-6)16-4-7(13)14/h2,4H2,1H3,(H,13,14)(H,11,12,15)/p-1. The molecule has 6 nitrogen and oxygen atoms in total. The van der Waals surface area contributed by atoms with Crippen molar-refractivity contribution in [3.8, 4) is 6.07 Å². The molecule has 16 heavy (non-hydrogen) atoms. The first kappa shape index (κ1) is 12.3. The van der Waals surface area contributed by atoms with E-state index in [1.807, 2.05) is 0 Å². The van der Waals surface area contributed by atoms with Crippen LogP contribution in [-0.4, -0.2) is 21.7 Å². The van der Waals surface area contributed by atoms with Crippen molar-refractivity contribution < 1.29 is 9.90 Å². The second-order valence-corrected chi connectivity index (χ2v) is 3.78. The molecule has 84 valence electrons. The number of rotatable bonds is 4. The van der Waals surface area contributed by atoms with Crippen molar-refractivity contribution in [1.82, 2.24) is 9.97 Å². The molecule has 0 aliphatic rings. The van der Waals surface area contributed by atoms with E-state index in [0.717, 1.165) is 11.8 Å². The maximum Gasteiger partial charge on any atom is 0.269 e. The number of nitrogens with one attached hydrogen (secondary N) is 1. The van der Waals surface area contributed by atoms with Crippen molar-refractivity contribution in [3.05, 3.63) is 21.6 Å². The summed E-state index contributed by atoms with van der Waals surface area (Å²) in [5.41, 5.74) is -0.206. The first-order chi connectivity index (χ1) is 7.58. The summed E-state index contributed by atoms with van der Waals surface area (Å²) < 4.78 is 0. The van der Waals surface area contributed by atoms with Gasteiger partial charge in [0.15, 0.2) is 5.16 Å². The van der Waals surface area contributed by atoms with E-state index in [9.17, 15) is 14.7 Å². The van der Waals surface area contributed by atoms with Crippen LogP contribution in [0.4, 0.5) is 0 Å². The fourth-order valence-electron chi connectivity index (χ4n) is 1.06. The number of aliphatic carboxylic acids is 1. The van der Waals surface area contributed by atoms with Gasteiger partial charge in [-0.1, -0.05) is 18.7 Å². The number of aryl methyl sites for hydroxylation is 1. The van der Waals surface area contributed by atoms with E-state index in [2.05, 4.69) is 9.97 Å².